The number of esters is 1. The molecule has 1 heterocycles. The van der Waals surface area contributed by atoms with Crippen molar-refractivity contribution in [3.05, 3.63) is 30.0 Å². The van der Waals surface area contributed by atoms with E-state index < -0.39 is 12.1 Å². The second kappa shape index (κ2) is 6.39. The van der Waals surface area contributed by atoms with Crippen molar-refractivity contribution in [2.24, 2.45) is 0 Å². The van der Waals surface area contributed by atoms with Gasteiger partial charge in [-0.2, -0.15) is 0 Å². The normalized spacial score (nSPS) is 12.4. The highest BCUT2D eigenvalue weighted by Crippen LogP contribution is 2.18. The minimum Gasteiger partial charge on any atom is -0.452 e. The van der Waals surface area contributed by atoms with Gasteiger partial charge in [0.1, 0.15) is 5.69 Å². The Labute approximate surface area is 122 Å². The van der Waals surface area contributed by atoms with E-state index in [0.717, 1.165) is 5.39 Å². The third-order valence-corrected chi connectivity index (χ3v) is 2.87. The number of amides is 1. The van der Waals surface area contributed by atoms with E-state index >= 15 is 0 Å². The number of nitrogens with zero attached hydrogens (tertiary/aromatic N) is 1. The van der Waals surface area contributed by atoms with Crippen molar-refractivity contribution < 1.29 is 18.8 Å². The van der Waals surface area contributed by atoms with Gasteiger partial charge in [0.2, 0.25) is 0 Å². The summed E-state index contributed by atoms with van der Waals surface area (Å²) in [6.07, 6.45) is -0.867. The maximum Gasteiger partial charge on any atom is 0.312 e. The van der Waals surface area contributed by atoms with Crippen molar-refractivity contribution in [3.63, 3.8) is 0 Å². The molecule has 112 valence electrons. The largest absolute Gasteiger partial charge is 0.452 e. The summed E-state index contributed by atoms with van der Waals surface area (Å²) < 4.78 is 10.2. The van der Waals surface area contributed by atoms with Gasteiger partial charge in [-0.25, -0.2) is 0 Å². The van der Waals surface area contributed by atoms with E-state index in [0.29, 0.717) is 11.3 Å². The van der Waals surface area contributed by atoms with E-state index in [1.165, 1.54) is 6.92 Å². The van der Waals surface area contributed by atoms with Crippen molar-refractivity contribution in [1.82, 2.24) is 10.5 Å². The minimum atomic E-state index is -0.835. The van der Waals surface area contributed by atoms with Crippen molar-refractivity contribution in [1.29, 1.82) is 0 Å². The first-order valence-electron chi connectivity index (χ1n) is 6.80. The number of benzene rings is 1. The van der Waals surface area contributed by atoms with Crippen LogP contribution in [-0.4, -0.2) is 29.2 Å². The molecule has 1 aromatic heterocycles. The van der Waals surface area contributed by atoms with Gasteiger partial charge in [0.05, 0.1) is 6.42 Å². The summed E-state index contributed by atoms with van der Waals surface area (Å²) in [5.41, 5.74) is 1.12. The molecule has 2 aromatic rings. The summed E-state index contributed by atoms with van der Waals surface area (Å²) in [7, 11) is 0. The lowest BCUT2D eigenvalue weighted by Crippen LogP contribution is -2.39. The Hall–Kier alpha value is -2.37. The third-order valence-electron chi connectivity index (χ3n) is 2.87. The zero-order valence-electron chi connectivity index (χ0n) is 12.3. The average molecular weight is 290 g/mol. The maximum atomic E-state index is 11.9. The minimum absolute atomic E-state index is 0.00173. The molecule has 1 atom stereocenters. The molecule has 0 fully saturated rings. The van der Waals surface area contributed by atoms with Crippen LogP contribution in [0.25, 0.3) is 11.0 Å². The van der Waals surface area contributed by atoms with Crippen molar-refractivity contribution >= 4 is 22.8 Å². The van der Waals surface area contributed by atoms with Gasteiger partial charge in [-0.15, -0.1) is 0 Å². The van der Waals surface area contributed by atoms with E-state index in [-0.39, 0.29) is 18.4 Å². The standard InChI is InChI=1S/C15H18N2O4/c1-9(2)16-15(19)10(3)20-14(18)8-12-11-6-4-5-7-13(11)21-17-12/h4-7,9-10H,8H2,1-3H3,(H,16,19)/t10-/m0/s1. The summed E-state index contributed by atoms with van der Waals surface area (Å²) in [5.74, 6) is -0.830. The predicted molar refractivity (Wildman–Crippen MR) is 76.5 cm³/mol. The second-order valence-corrected chi connectivity index (χ2v) is 5.10. The molecule has 6 heteroatoms. The average Bonchev–Trinajstić information content (AvgIpc) is 2.81. The van der Waals surface area contributed by atoms with Crippen LogP contribution in [-0.2, 0) is 20.7 Å². The number of rotatable bonds is 5. The molecule has 1 N–H and O–H groups in total. The molecular formula is C15H18N2O4. The molecule has 0 spiro atoms. The molecule has 0 saturated carbocycles. The predicted octanol–water partition coefficient (Wildman–Crippen LogP) is 1.83. The van der Waals surface area contributed by atoms with Crippen LogP contribution in [0.1, 0.15) is 26.5 Å². The maximum absolute atomic E-state index is 11.9. The van der Waals surface area contributed by atoms with E-state index in [9.17, 15) is 9.59 Å². The first-order valence-corrected chi connectivity index (χ1v) is 6.80. The van der Waals surface area contributed by atoms with Crippen molar-refractivity contribution in [2.45, 2.75) is 39.3 Å². The number of para-hydroxylation sites is 1. The quantitative estimate of drug-likeness (QED) is 0.849. The number of nitrogens with one attached hydrogen (secondary N) is 1. The van der Waals surface area contributed by atoms with E-state index in [4.69, 9.17) is 9.26 Å². The molecular weight excluding hydrogens is 272 g/mol. The Morgan fingerprint density at radius 1 is 1.29 bits per heavy atom. The van der Waals surface area contributed by atoms with Crippen LogP contribution in [0.2, 0.25) is 0 Å². The highest BCUT2D eigenvalue weighted by molar-refractivity contribution is 5.86. The van der Waals surface area contributed by atoms with E-state index in [2.05, 4.69) is 10.5 Å². The molecule has 0 bridgehead atoms. The SMILES string of the molecule is CC(C)NC(=O)[C@H](C)OC(=O)Cc1noc2ccccc12. The Morgan fingerprint density at radius 3 is 2.71 bits per heavy atom. The summed E-state index contributed by atoms with van der Waals surface area (Å²) in [4.78, 5) is 23.6. The van der Waals surface area contributed by atoms with Gasteiger partial charge in [-0.1, -0.05) is 17.3 Å². The molecule has 1 amide bonds. The summed E-state index contributed by atoms with van der Waals surface area (Å²) in [5, 5.41) is 7.32. The Kier molecular flexibility index (Phi) is 4.57. The Balaban J connectivity index is 1.97. The smallest absolute Gasteiger partial charge is 0.312 e. The topological polar surface area (TPSA) is 81.4 Å². The summed E-state index contributed by atoms with van der Waals surface area (Å²) >= 11 is 0. The van der Waals surface area contributed by atoms with Crippen molar-refractivity contribution in [3.8, 4) is 0 Å². The first kappa shape index (κ1) is 15.0. The molecule has 21 heavy (non-hydrogen) atoms. The lowest BCUT2D eigenvalue weighted by molar-refractivity contribution is -0.154. The van der Waals surface area contributed by atoms with E-state index in [1.54, 1.807) is 6.07 Å². The van der Waals surface area contributed by atoms with Gasteiger partial charge >= 0.3 is 5.97 Å². The zero-order chi connectivity index (χ0) is 15.4. The first-order chi connectivity index (χ1) is 9.97. The number of hydrogen-bond acceptors (Lipinski definition) is 5. The molecule has 2 rings (SSSR count). The fourth-order valence-corrected chi connectivity index (χ4v) is 1.90. The number of carbonyl (C=O) groups is 2. The van der Waals surface area contributed by atoms with Gasteiger partial charge in [-0.05, 0) is 32.9 Å². The van der Waals surface area contributed by atoms with Crippen LogP contribution >= 0.6 is 0 Å². The Bertz CT molecular complexity index is 648. The fourth-order valence-electron chi connectivity index (χ4n) is 1.90. The number of hydrogen-bond donors (Lipinski definition) is 1. The van der Waals surface area contributed by atoms with Crippen LogP contribution in [0.15, 0.2) is 28.8 Å². The highest BCUT2D eigenvalue weighted by atomic mass is 16.5. The fraction of sp³-hybridized carbons (Fsp3) is 0.400. The van der Waals surface area contributed by atoms with Crippen LogP contribution in [0, 0.1) is 0 Å². The molecule has 0 saturated heterocycles. The molecule has 1 aromatic carbocycles. The second-order valence-electron chi connectivity index (χ2n) is 5.10. The molecule has 0 aliphatic heterocycles. The third kappa shape index (κ3) is 3.81. The lowest BCUT2D eigenvalue weighted by Gasteiger charge is -2.14. The zero-order valence-corrected chi connectivity index (χ0v) is 12.3. The number of carbonyl (C=O) groups excluding carboxylic acids is 2. The Morgan fingerprint density at radius 2 is 2.00 bits per heavy atom. The summed E-state index contributed by atoms with van der Waals surface area (Å²) in [6.45, 7) is 5.22. The number of aromatic nitrogens is 1. The molecule has 0 aliphatic rings. The number of ether oxygens (including phenoxy) is 1. The van der Waals surface area contributed by atoms with Crippen LogP contribution in [0.5, 0.6) is 0 Å². The van der Waals surface area contributed by atoms with Gasteiger partial charge in [0.15, 0.2) is 11.7 Å². The molecule has 0 unspecified atom stereocenters. The monoisotopic (exact) mass is 290 g/mol. The molecule has 0 aliphatic carbocycles. The molecule has 6 nitrogen and oxygen atoms in total. The highest BCUT2D eigenvalue weighted by Gasteiger charge is 2.20. The van der Waals surface area contributed by atoms with Crippen LogP contribution < -0.4 is 5.32 Å². The van der Waals surface area contributed by atoms with Gasteiger partial charge < -0.3 is 14.6 Å². The summed E-state index contributed by atoms with van der Waals surface area (Å²) in [6, 6.07) is 7.26. The van der Waals surface area contributed by atoms with Crippen LogP contribution in [0.4, 0.5) is 0 Å². The molecule has 0 radical (unpaired) electrons. The van der Waals surface area contributed by atoms with Crippen LogP contribution in [0.3, 0.4) is 0 Å². The van der Waals surface area contributed by atoms with Gasteiger partial charge in [0, 0.05) is 11.4 Å². The van der Waals surface area contributed by atoms with Crippen molar-refractivity contribution in [2.75, 3.05) is 0 Å². The number of fused-ring (bicyclic) bond motifs is 1. The van der Waals surface area contributed by atoms with Gasteiger partial charge in [-0.3, -0.25) is 9.59 Å². The lowest BCUT2D eigenvalue weighted by atomic mass is 10.2. The van der Waals surface area contributed by atoms with Gasteiger partial charge in [0.25, 0.3) is 5.91 Å². The van der Waals surface area contributed by atoms with E-state index in [1.807, 2.05) is 32.0 Å².